The first-order valence-corrected chi connectivity index (χ1v) is 6.49. The molecule has 1 aliphatic heterocycles. The molecule has 0 aromatic carbocycles. The van der Waals surface area contributed by atoms with E-state index in [0.29, 0.717) is 0 Å². The molecule has 2 heterocycles. The zero-order chi connectivity index (χ0) is 11.2. The zero-order valence-corrected chi connectivity index (χ0v) is 10.5. The van der Waals surface area contributed by atoms with Crippen molar-refractivity contribution in [1.82, 2.24) is 4.98 Å². The normalized spacial score (nSPS) is 21.9. The van der Waals surface area contributed by atoms with Crippen LogP contribution in [0.5, 0.6) is 0 Å². The number of rotatable bonds is 0. The maximum atomic E-state index is 12.2. The highest BCUT2D eigenvalue weighted by molar-refractivity contribution is 9.10. The lowest BCUT2D eigenvalue weighted by Crippen LogP contribution is -2.36. The predicted octanol–water partition coefficient (Wildman–Crippen LogP) is 3.00. The van der Waals surface area contributed by atoms with Crippen LogP contribution < -0.4 is 5.32 Å². The first-order chi connectivity index (χ1) is 7.72. The van der Waals surface area contributed by atoms with E-state index < -0.39 is 0 Å². The summed E-state index contributed by atoms with van der Waals surface area (Å²) in [6, 6.07) is 2.05. The summed E-state index contributed by atoms with van der Waals surface area (Å²) in [6.07, 6.45) is 7.18. The Kier molecular flexibility index (Phi) is 2.28. The van der Waals surface area contributed by atoms with Gasteiger partial charge >= 0.3 is 0 Å². The summed E-state index contributed by atoms with van der Waals surface area (Å²) in [7, 11) is 0. The van der Waals surface area contributed by atoms with E-state index in [0.717, 1.165) is 41.5 Å². The molecule has 1 saturated carbocycles. The highest BCUT2D eigenvalue weighted by atomic mass is 79.9. The Labute approximate surface area is 103 Å². The van der Waals surface area contributed by atoms with Gasteiger partial charge in [0.1, 0.15) is 5.82 Å². The van der Waals surface area contributed by atoms with E-state index >= 15 is 0 Å². The monoisotopic (exact) mass is 280 g/mol. The van der Waals surface area contributed by atoms with Crippen LogP contribution in [0.1, 0.15) is 37.7 Å². The van der Waals surface area contributed by atoms with Gasteiger partial charge in [0.05, 0.1) is 5.41 Å². The molecule has 1 aliphatic carbocycles. The Hall–Kier alpha value is -0.900. The molecule has 1 amide bonds. The van der Waals surface area contributed by atoms with Crippen molar-refractivity contribution < 1.29 is 4.79 Å². The topological polar surface area (TPSA) is 42.0 Å². The van der Waals surface area contributed by atoms with Gasteiger partial charge in [-0.2, -0.15) is 0 Å². The molecule has 1 N–H and O–H groups in total. The van der Waals surface area contributed by atoms with Crippen molar-refractivity contribution in [2.75, 3.05) is 5.32 Å². The van der Waals surface area contributed by atoms with Gasteiger partial charge in [-0.05, 0) is 34.8 Å². The number of halogens is 1. The standard InChI is InChI=1S/C12H13BrN2O/c13-8-6-9-10(14-7-8)15-11(16)12(9)4-2-1-3-5-12/h6-7H,1-5H2,(H,14,15,16). The van der Waals surface area contributed by atoms with Gasteiger partial charge in [0.2, 0.25) is 5.91 Å². The molecule has 16 heavy (non-hydrogen) atoms. The molecule has 1 aromatic rings. The fourth-order valence-electron chi connectivity index (χ4n) is 2.90. The number of nitrogens with zero attached hydrogens (tertiary/aromatic N) is 1. The molecule has 1 fully saturated rings. The average molecular weight is 281 g/mol. The predicted molar refractivity (Wildman–Crippen MR) is 65.3 cm³/mol. The van der Waals surface area contributed by atoms with Gasteiger partial charge in [-0.3, -0.25) is 4.79 Å². The fraction of sp³-hybridized carbons (Fsp3) is 0.500. The van der Waals surface area contributed by atoms with Gasteiger partial charge in [0.25, 0.3) is 0 Å². The summed E-state index contributed by atoms with van der Waals surface area (Å²) >= 11 is 3.43. The molecule has 0 unspecified atom stereocenters. The van der Waals surface area contributed by atoms with Crippen LogP contribution in [0.15, 0.2) is 16.7 Å². The van der Waals surface area contributed by atoms with Crippen LogP contribution in [0.4, 0.5) is 5.82 Å². The van der Waals surface area contributed by atoms with Gasteiger partial charge in [0.15, 0.2) is 0 Å². The average Bonchev–Trinajstić information content (AvgIpc) is 2.55. The van der Waals surface area contributed by atoms with Crippen molar-refractivity contribution in [2.24, 2.45) is 0 Å². The van der Waals surface area contributed by atoms with Crippen LogP contribution in [0.25, 0.3) is 0 Å². The molecular formula is C12H13BrN2O. The van der Waals surface area contributed by atoms with E-state index in [2.05, 4.69) is 26.2 Å². The van der Waals surface area contributed by atoms with Crippen LogP contribution >= 0.6 is 15.9 Å². The third kappa shape index (κ3) is 1.32. The van der Waals surface area contributed by atoms with Crippen LogP contribution in [0, 0.1) is 0 Å². The molecule has 3 nitrogen and oxygen atoms in total. The first-order valence-electron chi connectivity index (χ1n) is 5.70. The summed E-state index contributed by atoms with van der Waals surface area (Å²) in [4.78, 5) is 16.4. The van der Waals surface area contributed by atoms with E-state index in [1.54, 1.807) is 6.20 Å². The quantitative estimate of drug-likeness (QED) is 0.794. The van der Waals surface area contributed by atoms with Gasteiger partial charge in [-0.1, -0.05) is 19.3 Å². The molecular weight excluding hydrogens is 268 g/mol. The molecule has 0 saturated heterocycles. The minimum Gasteiger partial charge on any atom is -0.310 e. The summed E-state index contributed by atoms with van der Waals surface area (Å²) in [5.74, 6) is 0.905. The number of nitrogens with one attached hydrogen (secondary N) is 1. The molecule has 0 bridgehead atoms. The van der Waals surface area contributed by atoms with Gasteiger partial charge in [-0.15, -0.1) is 0 Å². The van der Waals surface area contributed by atoms with E-state index in [9.17, 15) is 4.79 Å². The number of hydrogen-bond donors (Lipinski definition) is 1. The Morgan fingerprint density at radius 3 is 2.81 bits per heavy atom. The van der Waals surface area contributed by atoms with Crippen LogP contribution in [0.3, 0.4) is 0 Å². The second-order valence-electron chi connectivity index (χ2n) is 4.65. The number of pyridine rings is 1. The van der Waals surface area contributed by atoms with Crippen LogP contribution in [0.2, 0.25) is 0 Å². The molecule has 1 aromatic heterocycles. The summed E-state index contributed by atoms with van der Waals surface area (Å²) < 4.78 is 0.952. The lowest BCUT2D eigenvalue weighted by atomic mass is 9.70. The maximum absolute atomic E-state index is 12.2. The number of carbonyl (C=O) groups is 1. The fourth-order valence-corrected chi connectivity index (χ4v) is 3.24. The highest BCUT2D eigenvalue weighted by Gasteiger charge is 2.47. The van der Waals surface area contributed by atoms with Crippen molar-refractivity contribution in [3.8, 4) is 0 Å². The largest absolute Gasteiger partial charge is 0.310 e. The third-order valence-electron chi connectivity index (χ3n) is 3.74. The van der Waals surface area contributed by atoms with E-state index in [1.807, 2.05) is 6.07 Å². The Balaban J connectivity index is 2.13. The third-order valence-corrected chi connectivity index (χ3v) is 4.18. The van der Waals surface area contributed by atoms with E-state index in [1.165, 1.54) is 6.42 Å². The van der Waals surface area contributed by atoms with Crippen molar-refractivity contribution in [3.63, 3.8) is 0 Å². The summed E-state index contributed by atoms with van der Waals surface area (Å²) in [6.45, 7) is 0. The Morgan fingerprint density at radius 1 is 1.31 bits per heavy atom. The molecule has 1 spiro atoms. The molecule has 0 radical (unpaired) electrons. The zero-order valence-electron chi connectivity index (χ0n) is 8.92. The van der Waals surface area contributed by atoms with E-state index in [4.69, 9.17) is 0 Å². The van der Waals surface area contributed by atoms with Crippen LogP contribution in [-0.4, -0.2) is 10.9 Å². The SMILES string of the molecule is O=C1Nc2ncc(Br)cc2C12CCCCC2. The molecule has 0 atom stereocenters. The second kappa shape index (κ2) is 3.55. The lowest BCUT2D eigenvalue weighted by molar-refractivity contribution is -0.121. The van der Waals surface area contributed by atoms with Gasteiger partial charge in [-0.25, -0.2) is 4.98 Å². The molecule has 2 aliphatic rings. The minimum atomic E-state index is -0.287. The van der Waals surface area contributed by atoms with Gasteiger partial charge in [0, 0.05) is 16.2 Å². The number of carbonyl (C=O) groups excluding carboxylic acids is 1. The van der Waals surface area contributed by atoms with Crippen LogP contribution in [-0.2, 0) is 10.2 Å². The Morgan fingerprint density at radius 2 is 2.06 bits per heavy atom. The highest BCUT2D eigenvalue weighted by Crippen LogP contribution is 2.47. The molecule has 4 heteroatoms. The van der Waals surface area contributed by atoms with Crippen molar-refractivity contribution in [1.29, 1.82) is 0 Å². The van der Waals surface area contributed by atoms with Crippen molar-refractivity contribution in [3.05, 3.63) is 22.3 Å². The Bertz CT molecular complexity index is 452. The number of amides is 1. The lowest BCUT2D eigenvalue weighted by Gasteiger charge is -2.31. The van der Waals surface area contributed by atoms with Crippen molar-refractivity contribution in [2.45, 2.75) is 37.5 Å². The number of anilines is 1. The number of fused-ring (bicyclic) bond motifs is 2. The minimum absolute atomic E-state index is 0.146. The van der Waals surface area contributed by atoms with Crippen molar-refractivity contribution >= 4 is 27.7 Å². The number of hydrogen-bond acceptors (Lipinski definition) is 2. The van der Waals surface area contributed by atoms with Gasteiger partial charge < -0.3 is 5.32 Å². The number of aromatic nitrogens is 1. The summed E-state index contributed by atoms with van der Waals surface area (Å²) in [5, 5.41) is 2.91. The first kappa shape index (κ1) is 10.3. The summed E-state index contributed by atoms with van der Waals surface area (Å²) in [5.41, 5.74) is 0.802. The molecule has 3 rings (SSSR count). The molecule has 84 valence electrons. The maximum Gasteiger partial charge on any atom is 0.236 e. The second-order valence-corrected chi connectivity index (χ2v) is 5.56. The smallest absolute Gasteiger partial charge is 0.236 e. The van der Waals surface area contributed by atoms with E-state index in [-0.39, 0.29) is 11.3 Å².